The predicted molar refractivity (Wildman–Crippen MR) is 81.3 cm³/mol. The number of hydrogen-bond acceptors (Lipinski definition) is 2. The first kappa shape index (κ1) is 16.2. The van der Waals surface area contributed by atoms with Crippen molar-refractivity contribution in [2.75, 3.05) is 0 Å². The summed E-state index contributed by atoms with van der Waals surface area (Å²) in [6.07, 6.45) is 10.2. The number of nitrogens with one attached hydrogen (secondary N) is 1. The van der Waals surface area contributed by atoms with Crippen molar-refractivity contribution in [3.8, 4) is 0 Å². The zero-order valence-electron chi connectivity index (χ0n) is 11.2. The maximum Gasteiger partial charge on any atom is 0.166 e. The normalized spacial score (nSPS) is 14.6. The van der Waals surface area contributed by atoms with E-state index in [2.05, 4.69) is 5.32 Å². The first-order chi connectivity index (χ1) is 9.16. The van der Waals surface area contributed by atoms with Crippen LogP contribution in [0, 0.1) is 11.7 Å². The number of ketones is 1. The minimum Gasteiger partial charge on any atom is -0.365 e. The maximum atomic E-state index is 12.8. The lowest BCUT2D eigenvalue weighted by molar-refractivity contribution is 0.0928. The van der Waals surface area contributed by atoms with E-state index in [9.17, 15) is 9.18 Å². The van der Waals surface area contributed by atoms with Gasteiger partial charge in [0.05, 0.1) is 0 Å². The topological polar surface area (TPSA) is 29.1 Å². The summed E-state index contributed by atoms with van der Waals surface area (Å²) in [4.78, 5) is 12.2. The molecule has 1 N–H and O–H groups in total. The van der Waals surface area contributed by atoms with Crippen LogP contribution < -0.4 is 5.32 Å². The Bertz CT molecular complexity index is 546. The molecule has 0 bridgehead atoms. The number of carbonyl (C=O) groups excluding carboxylic acids is 1. The summed E-state index contributed by atoms with van der Waals surface area (Å²) in [6, 6.07) is 5.69. The Morgan fingerprint density at radius 3 is 2.60 bits per heavy atom. The lowest BCUT2D eigenvalue weighted by Crippen LogP contribution is -2.16. The Morgan fingerprint density at radius 2 is 1.90 bits per heavy atom. The van der Waals surface area contributed by atoms with Crippen molar-refractivity contribution in [2.24, 2.45) is 5.92 Å². The Balaban J connectivity index is 0.00000200. The second kappa shape index (κ2) is 7.65. The van der Waals surface area contributed by atoms with E-state index in [-0.39, 0.29) is 29.9 Å². The summed E-state index contributed by atoms with van der Waals surface area (Å²) in [6.45, 7) is 1.88. The monoisotopic (exact) mass is 293 g/mol. The summed E-state index contributed by atoms with van der Waals surface area (Å²) in [5.74, 6) is -0.448. The number of carbonyl (C=O) groups is 1. The van der Waals surface area contributed by atoms with E-state index in [0.717, 1.165) is 5.70 Å². The lowest BCUT2D eigenvalue weighted by Gasteiger charge is -2.13. The average molecular weight is 294 g/mol. The molecule has 0 amide bonds. The van der Waals surface area contributed by atoms with Gasteiger partial charge in [-0.15, -0.1) is 12.4 Å². The highest BCUT2D eigenvalue weighted by atomic mass is 35.5. The molecule has 0 aromatic heterocycles. The molecular weight excluding hydrogens is 277 g/mol. The van der Waals surface area contributed by atoms with Crippen LogP contribution in [0.25, 0.3) is 0 Å². The molecule has 1 atom stereocenters. The summed E-state index contributed by atoms with van der Waals surface area (Å²) in [7, 11) is 0. The van der Waals surface area contributed by atoms with E-state index >= 15 is 0 Å². The van der Waals surface area contributed by atoms with Crippen LogP contribution in [-0.2, 0) is 0 Å². The largest absolute Gasteiger partial charge is 0.365 e. The fourth-order valence-electron chi connectivity index (χ4n) is 1.94. The number of allylic oxidation sites excluding steroid dienone is 5. The summed E-state index contributed by atoms with van der Waals surface area (Å²) >= 11 is 0. The third kappa shape index (κ3) is 4.35. The molecule has 106 valence electrons. The van der Waals surface area contributed by atoms with Crippen molar-refractivity contribution in [2.45, 2.75) is 13.3 Å². The van der Waals surface area contributed by atoms with Crippen LogP contribution in [0.4, 0.5) is 4.39 Å². The fourth-order valence-corrected chi connectivity index (χ4v) is 1.94. The Hall–Kier alpha value is -1.87. The second-order valence-corrected chi connectivity index (χ2v) is 4.56. The van der Waals surface area contributed by atoms with Crippen molar-refractivity contribution < 1.29 is 9.18 Å². The van der Waals surface area contributed by atoms with Crippen molar-refractivity contribution in [1.29, 1.82) is 0 Å². The molecule has 20 heavy (non-hydrogen) atoms. The molecule has 4 heteroatoms. The molecule has 0 aliphatic carbocycles. The minimum absolute atomic E-state index is 0. The van der Waals surface area contributed by atoms with Crippen LogP contribution in [0.5, 0.6) is 0 Å². The van der Waals surface area contributed by atoms with Crippen molar-refractivity contribution in [3.05, 3.63) is 71.8 Å². The number of halogens is 2. The highest BCUT2D eigenvalue weighted by Gasteiger charge is 2.16. The number of benzene rings is 1. The summed E-state index contributed by atoms with van der Waals surface area (Å²) in [5.41, 5.74) is 1.54. The first-order valence-corrected chi connectivity index (χ1v) is 6.25. The van der Waals surface area contributed by atoms with Gasteiger partial charge in [0.1, 0.15) is 5.82 Å². The molecule has 1 heterocycles. The van der Waals surface area contributed by atoms with Crippen LogP contribution in [0.15, 0.2) is 60.5 Å². The van der Waals surface area contributed by atoms with Gasteiger partial charge in [0.25, 0.3) is 0 Å². The van der Waals surface area contributed by atoms with E-state index in [1.54, 1.807) is 0 Å². The van der Waals surface area contributed by atoms with Crippen LogP contribution in [0.1, 0.15) is 23.7 Å². The lowest BCUT2D eigenvalue weighted by atomic mass is 9.95. The van der Waals surface area contributed by atoms with Gasteiger partial charge in [-0.2, -0.15) is 0 Å². The molecule has 0 saturated carbocycles. The van der Waals surface area contributed by atoms with Crippen LogP contribution >= 0.6 is 12.4 Å². The molecule has 1 aromatic carbocycles. The van der Waals surface area contributed by atoms with Gasteiger partial charge in [-0.05, 0) is 42.8 Å². The van der Waals surface area contributed by atoms with Crippen molar-refractivity contribution >= 4 is 18.2 Å². The van der Waals surface area contributed by atoms with Gasteiger partial charge in [0.2, 0.25) is 0 Å². The number of hydrogen-bond donors (Lipinski definition) is 1. The van der Waals surface area contributed by atoms with Gasteiger partial charge in [-0.25, -0.2) is 4.39 Å². The van der Waals surface area contributed by atoms with Gasteiger partial charge in [0, 0.05) is 23.4 Å². The number of rotatable bonds is 4. The average Bonchev–Trinajstić information content (AvgIpc) is 2.67. The number of Topliss-reactive ketones (excluding diaryl/α,β-unsaturated/α-hetero) is 1. The van der Waals surface area contributed by atoms with Gasteiger partial charge in [-0.3, -0.25) is 4.79 Å². The zero-order chi connectivity index (χ0) is 13.7. The highest BCUT2D eigenvalue weighted by Crippen LogP contribution is 2.17. The Labute approximate surface area is 124 Å². The molecule has 1 aliphatic rings. The van der Waals surface area contributed by atoms with Gasteiger partial charge < -0.3 is 5.32 Å². The van der Waals surface area contributed by atoms with Gasteiger partial charge >= 0.3 is 0 Å². The van der Waals surface area contributed by atoms with Crippen LogP contribution in [0.3, 0.4) is 0 Å². The zero-order valence-corrected chi connectivity index (χ0v) is 12.0. The quantitative estimate of drug-likeness (QED) is 0.850. The van der Waals surface area contributed by atoms with E-state index in [4.69, 9.17) is 0 Å². The molecular formula is C16H17ClFNO. The summed E-state index contributed by atoms with van der Waals surface area (Å²) < 4.78 is 12.8. The van der Waals surface area contributed by atoms with E-state index < -0.39 is 0 Å². The first-order valence-electron chi connectivity index (χ1n) is 6.25. The third-order valence-electron chi connectivity index (χ3n) is 2.99. The molecule has 1 unspecified atom stereocenters. The summed E-state index contributed by atoms with van der Waals surface area (Å²) in [5, 5.41) is 3.13. The smallest absolute Gasteiger partial charge is 0.166 e. The van der Waals surface area contributed by atoms with E-state index in [1.807, 2.05) is 37.4 Å². The molecule has 2 rings (SSSR count). The molecule has 0 radical (unpaired) electrons. The molecule has 0 spiro atoms. The maximum absolute atomic E-state index is 12.8. The third-order valence-corrected chi connectivity index (χ3v) is 2.99. The predicted octanol–water partition coefficient (Wildman–Crippen LogP) is 4.01. The van der Waals surface area contributed by atoms with Crippen molar-refractivity contribution in [1.82, 2.24) is 5.32 Å². The van der Waals surface area contributed by atoms with Crippen LogP contribution in [0.2, 0.25) is 0 Å². The Kier molecular flexibility index (Phi) is 6.19. The Morgan fingerprint density at radius 1 is 1.20 bits per heavy atom. The molecule has 1 aromatic rings. The van der Waals surface area contributed by atoms with Crippen molar-refractivity contribution in [3.63, 3.8) is 0 Å². The minimum atomic E-state index is -0.326. The molecule has 0 fully saturated rings. The highest BCUT2D eigenvalue weighted by molar-refractivity contribution is 5.97. The standard InChI is InChI=1S/C16H16FNO.ClH/c1-12(11-15-5-3-2-4-10-18-15)16(19)13-6-8-14(17)9-7-13;/h2-10,12,18H,11H2,1H3;1H. The SMILES string of the molecule is CC(CC1=CC=CC=CN1)C(=O)c1ccc(F)cc1.Cl. The molecule has 0 saturated heterocycles. The second-order valence-electron chi connectivity index (χ2n) is 4.56. The van der Waals surface area contributed by atoms with Gasteiger partial charge in [-0.1, -0.05) is 19.1 Å². The van der Waals surface area contributed by atoms with E-state index in [0.29, 0.717) is 12.0 Å². The molecule has 2 nitrogen and oxygen atoms in total. The molecule has 1 aliphatic heterocycles. The van der Waals surface area contributed by atoms with Gasteiger partial charge in [0.15, 0.2) is 5.78 Å². The fraction of sp³-hybridized carbons (Fsp3) is 0.188. The van der Waals surface area contributed by atoms with E-state index in [1.165, 1.54) is 24.3 Å². The van der Waals surface area contributed by atoms with Crippen LogP contribution in [-0.4, -0.2) is 5.78 Å².